The van der Waals surface area contributed by atoms with E-state index in [1.54, 1.807) is 29.2 Å². The normalized spacial score (nSPS) is 21.6. The lowest BCUT2D eigenvalue weighted by Gasteiger charge is -2.43. The van der Waals surface area contributed by atoms with Gasteiger partial charge in [-0.1, -0.05) is 17.7 Å². The average Bonchev–Trinajstić information content (AvgIpc) is 3.59. The molecule has 4 amide bonds. The third kappa shape index (κ3) is 7.49. The zero-order valence-electron chi connectivity index (χ0n) is 29.3. The predicted octanol–water partition coefficient (Wildman–Crippen LogP) is 4.69. The van der Waals surface area contributed by atoms with Crippen LogP contribution in [0.3, 0.4) is 0 Å². The molecule has 0 radical (unpaired) electrons. The molecule has 4 fully saturated rings. The van der Waals surface area contributed by atoms with Crippen molar-refractivity contribution in [1.29, 1.82) is 5.26 Å². The largest absolute Gasteiger partial charge is 0.490 e. The number of nitrogens with one attached hydrogen (secondary N) is 2. The zero-order valence-corrected chi connectivity index (χ0v) is 30.0. The highest BCUT2D eigenvalue weighted by molar-refractivity contribution is 6.31. The van der Waals surface area contributed by atoms with E-state index in [0.717, 1.165) is 93.7 Å². The van der Waals surface area contributed by atoms with Gasteiger partial charge in [-0.05, 0) is 74.9 Å². The molecule has 0 bridgehead atoms. The van der Waals surface area contributed by atoms with Crippen LogP contribution in [0.5, 0.6) is 5.75 Å². The molecule has 2 aromatic heterocycles. The number of ether oxygens (including phenoxy) is 1. The molecule has 4 aliphatic rings. The van der Waals surface area contributed by atoms with E-state index in [4.69, 9.17) is 26.7 Å². The van der Waals surface area contributed by atoms with Gasteiger partial charge in [-0.3, -0.25) is 24.5 Å². The van der Waals surface area contributed by atoms with Crippen LogP contribution in [0.25, 0.3) is 10.9 Å². The summed E-state index contributed by atoms with van der Waals surface area (Å²) in [6, 6.07) is 16.6. The Balaban J connectivity index is 0.762. The lowest BCUT2D eigenvalue weighted by Crippen LogP contribution is -2.53. The van der Waals surface area contributed by atoms with Gasteiger partial charge in [-0.25, -0.2) is 4.79 Å². The van der Waals surface area contributed by atoms with Gasteiger partial charge in [0.25, 0.3) is 5.91 Å². The number of anilines is 2. The van der Waals surface area contributed by atoms with Gasteiger partial charge >= 0.3 is 6.03 Å². The Labute approximate surface area is 312 Å². The Bertz CT molecular complexity index is 2040. The van der Waals surface area contributed by atoms with E-state index in [2.05, 4.69) is 47.4 Å². The second kappa shape index (κ2) is 15.0. The number of fused-ring (bicyclic) bond motifs is 1. The Morgan fingerprint density at radius 1 is 1.00 bits per heavy atom. The number of rotatable bonds is 9. The summed E-state index contributed by atoms with van der Waals surface area (Å²) in [5.41, 5.74) is 2.52. The van der Waals surface area contributed by atoms with E-state index in [0.29, 0.717) is 34.5 Å². The molecule has 5 heterocycles. The summed E-state index contributed by atoms with van der Waals surface area (Å²) in [5.74, 6) is 1.52. The molecule has 3 saturated heterocycles. The van der Waals surface area contributed by atoms with Crippen molar-refractivity contribution in [2.75, 3.05) is 49.1 Å². The molecule has 2 N–H and O–H groups in total. The van der Waals surface area contributed by atoms with Crippen molar-refractivity contribution in [2.45, 2.75) is 63.1 Å². The number of hydrogen-bond donors (Lipinski definition) is 2. The van der Waals surface area contributed by atoms with Gasteiger partial charge in [0.1, 0.15) is 11.8 Å². The molecular formula is C38H41ClN10O4. The van der Waals surface area contributed by atoms with Gasteiger partial charge in [-0.15, -0.1) is 10.2 Å². The van der Waals surface area contributed by atoms with Crippen LogP contribution in [0.15, 0.2) is 54.7 Å². The van der Waals surface area contributed by atoms with Crippen molar-refractivity contribution in [3.63, 3.8) is 0 Å². The molecule has 4 aromatic rings. The number of carbonyl (C=O) groups is 3. The molecule has 274 valence electrons. The summed E-state index contributed by atoms with van der Waals surface area (Å²) >= 11 is 6.14. The summed E-state index contributed by atoms with van der Waals surface area (Å²) in [6.45, 7) is 5.18. The Hall–Kier alpha value is -5.26. The Kier molecular flexibility index (Phi) is 9.85. The number of halogens is 1. The highest BCUT2D eigenvalue weighted by Crippen LogP contribution is 2.33. The summed E-state index contributed by atoms with van der Waals surface area (Å²) in [6.07, 6.45) is 7.34. The monoisotopic (exact) mass is 736 g/mol. The number of imide groups is 1. The number of piperidine rings is 1. The van der Waals surface area contributed by atoms with Crippen LogP contribution in [0, 0.1) is 17.2 Å². The van der Waals surface area contributed by atoms with Crippen molar-refractivity contribution in [3.05, 3.63) is 71.0 Å². The molecule has 0 spiro atoms. The standard InChI is InChI=1S/C38H41ClN10O4/c39-31-18-29(7-4-25(31)19-40)53-28-8-5-26(6-9-28)42-37(51)32-10-11-35(45-44-32)47-22-24(23-47)21-46-15-12-27(13-16-46)49-34-3-1-2-33(30(34)20-41-49)48-17-14-36(50)43-38(48)52/h1-4,7,10-11,18,20,24,26-28H,5-6,8-9,12-17,21-23H2,(H,42,51)(H,43,50,52). The average molecular weight is 737 g/mol. The van der Waals surface area contributed by atoms with Crippen LogP contribution in [0.1, 0.15) is 67.0 Å². The van der Waals surface area contributed by atoms with E-state index >= 15 is 0 Å². The fourth-order valence-electron chi connectivity index (χ4n) is 8.01. The molecule has 15 heteroatoms. The van der Waals surface area contributed by atoms with Crippen LogP contribution in [0.4, 0.5) is 16.3 Å². The van der Waals surface area contributed by atoms with Crippen LogP contribution in [-0.4, -0.2) is 94.1 Å². The second-order valence-electron chi connectivity index (χ2n) is 14.5. The molecule has 0 unspecified atom stereocenters. The number of hydrogen-bond acceptors (Lipinski definition) is 10. The van der Waals surface area contributed by atoms with E-state index in [1.165, 1.54) is 0 Å². The summed E-state index contributed by atoms with van der Waals surface area (Å²) < 4.78 is 8.18. The minimum atomic E-state index is -0.387. The maximum Gasteiger partial charge on any atom is 0.328 e. The third-order valence-electron chi connectivity index (χ3n) is 10.9. The fourth-order valence-corrected chi connectivity index (χ4v) is 8.22. The predicted molar refractivity (Wildman–Crippen MR) is 198 cm³/mol. The lowest BCUT2D eigenvalue weighted by molar-refractivity contribution is -0.120. The van der Waals surface area contributed by atoms with Crippen LogP contribution in [0.2, 0.25) is 5.02 Å². The summed E-state index contributed by atoms with van der Waals surface area (Å²) in [5, 5.41) is 29.3. The fraction of sp³-hybridized carbons (Fsp3) is 0.447. The number of nitrogens with zero attached hydrogens (tertiary/aromatic N) is 8. The molecule has 1 aliphatic carbocycles. The minimum Gasteiger partial charge on any atom is -0.490 e. The topological polar surface area (TPSA) is 162 Å². The van der Waals surface area contributed by atoms with E-state index in [-0.39, 0.29) is 42.5 Å². The van der Waals surface area contributed by atoms with Crippen LogP contribution >= 0.6 is 11.6 Å². The smallest absolute Gasteiger partial charge is 0.328 e. The van der Waals surface area contributed by atoms with Gasteiger partial charge in [0.2, 0.25) is 5.91 Å². The van der Waals surface area contributed by atoms with Crippen molar-refractivity contribution >= 4 is 51.9 Å². The molecule has 1 saturated carbocycles. The van der Waals surface area contributed by atoms with E-state index in [1.807, 2.05) is 24.4 Å². The van der Waals surface area contributed by atoms with Gasteiger partial charge < -0.3 is 19.9 Å². The Morgan fingerprint density at radius 2 is 1.81 bits per heavy atom. The molecule has 2 aromatic carbocycles. The Morgan fingerprint density at radius 3 is 2.53 bits per heavy atom. The van der Waals surface area contributed by atoms with Crippen molar-refractivity contribution in [3.8, 4) is 11.8 Å². The van der Waals surface area contributed by atoms with Gasteiger partial charge in [0.05, 0.1) is 40.1 Å². The second-order valence-corrected chi connectivity index (χ2v) is 14.9. The molecule has 14 nitrogen and oxygen atoms in total. The molecule has 0 atom stereocenters. The molecule has 3 aliphatic heterocycles. The molecular weight excluding hydrogens is 696 g/mol. The lowest BCUT2D eigenvalue weighted by atomic mass is 9.92. The van der Waals surface area contributed by atoms with Gasteiger partial charge in [0, 0.05) is 69.1 Å². The van der Waals surface area contributed by atoms with E-state index < -0.39 is 0 Å². The minimum absolute atomic E-state index is 0.0312. The zero-order chi connectivity index (χ0) is 36.5. The number of urea groups is 1. The first-order valence-corrected chi connectivity index (χ1v) is 18.7. The number of benzene rings is 2. The molecule has 8 rings (SSSR count). The number of nitriles is 1. The van der Waals surface area contributed by atoms with Crippen molar-refractivity contribution < 1.29 is 19.1 Å². The summed E-state index contributed by atoms with van der Waals surface area (Å²) in [7, 11) is 0. The molecule has 53 heavy (non-hydrogen) atoms. The summed E-state index contributed by atoms with van der Waals surface area (Å²) in [4.78, 5) is 43.5. The number of amides is 4. The number of likely N-dealkylation sites (tertiary alicyclic amines) is 1. The van der Waals surface area contributed by atoms with Crippen molar-refractivity contribution in [2.24, 2.45) is 5.92 Å². The first-order valence-electron chi connectivity index (χ1n) is 18.4. The van der Waals surface area contributed by atoms with Crippen LogP contribution < -0.4 is 25.2 Å². The highest BCUT2D eigenvalue weighted by Gasteiger charge is 2.33. The van der Waals surface area contributed by atoms with Gasteiger partial charge in [0.15, 0.2) is 11.5 Å². The highest BCUT2D eigenvalue weighted by atomic mass is 35.5. The van der Waals surface area contributed by atoms with Gasteiger partial charge in [-0.2, -0.15) is 10.4 Å². The third-order valence-corrected chi connectivity index (χ3v) is 11.2. The first-order chi connectivity index (χ1) is 25.8. The number of carbonyl (C=O) groups excluding carboxylic acids is 3. The quantitative estimate of drug-likeness (QED) is 0.247. The van der Waals surface area contributed by atoms with Crippen LogP contribution in [-0.2, 0) is 4.79 Å². The maximum absolute atomic E-state index is 12.9. The van der Waals surface area contributed by atoms with Crippen molar-refractivity contribution in [1.82, 2.24) is 35.5 Å². The number of aromatic nitrogens is 4. The first kappa shape index (κ1) is 34.8. The SMILES string of the molecule is N#Cc1ccc(OC2CCC(NC(=O)c3ccc(N4CC(CN5CCC(n6ncc7c(N8CCC(=O)NC8=O)cccc76)CC5)C4)nn3)CC2)cc1Cl. The van der Waals surface area contributed by atoms with E-state index in [9.17, 15) is 14.4 Å². The maximum atomic E-state index is 12.9.